The summed E-state index contributed by atoms with van der Waals surface area (Å²) < 4.78 is 14.3. The van der Waals surface area contributed by atoms with E-state index in [0.29, 0.717) is 50.5 Å². The molecule has 0 spiro atoms. The van der Waals surface area contributed by atoms with Crippen LogP contribution in [0.25, 0.3) is 11.5 Å². The van der Waals surface area contributed by atoms with Crippen molar-refractivity contribution >= 4 is 51.6 Å². The highest BCUT2D eigenvalue weighted by Crippen LogP contribution is 2.41. The van der Waals surface area contributed by atoms with Crippen molar-refractivity contribution in [2.75, 3.05) is 17.7 Å². The van der Waals surface area contributed by atoms with Gasteiger partial charge in [-0.1, -0.05) is 36.7 Å². The third-order valence-electron chi connectivity index (χ3n) is 6.62. The number of anilines is 1. The zero-order valence-corrected chi connectivity index (χ0v) is 24.3. The van der Waals surface area contributed by atoms with Crippen molar-refractivity contribution in [2.45, 2.75) is 51.2 Å². The number of furan rings is 1. The lowest BCUT2D eigenvalue weighted by Gasteiger charge is -2.20. The molecule has 5 rings (SSSR count). The number of hydrogen-bond acceptors (Lipinski definition) is 9. The molecule has 0 aliphatic heterocycles. The highest BCUT2D eigenvalue weighted by atomic mass is 35.5. The summed E-state index contributed by atoms with van der Waals surface area (Å²) in [7, 11) is 1.78. The van der Waals surface area contributed by atoms with Crippen molar-refractivity contribution in [2.24, 2.45) is 13.0 Å². The fraction of sp³-hybridized carbons (Fsp3) is 0.423. The first-order chi connectivity index (χ1) is 18.9. The average molecular weight is 589 g/mol. The fourth-order valence-electron chi connectivity index (χ4n) is 4.69. The normalized spacial score (nSPS) is 14.8. The number of carbonyl (C=O) groups excluding carboxylic acids is 2. The number of thioether (sulfide) groups is 1. The van der Waals surface area contributed by atoms with Gasteiger partial charge >= 0.3 is 5.97 Å². The molecule has 0 aromatic carbocycles. The number of nitrogens with one attached hydrogen (secondary N) is 1. The Kier molecular flexibility index (Phi) is 8.43. The molecular formula is C26H29ClN6O4S2. The molecule has 1 unspecified atom stereocenters. The average Bonchev–Trinajstić information content (AvgIpc) is 3.69. The second-order valence-corrected chi connectivity index (χ2v) is 11.7. The van der Waals surface area contributed by atoms with E-state index in [4.69, 9.17) is 20.8 Å². The van der Waals surface area contributed by atoms with Crippen molar-refractivity contribution < 1.29 is 18.7 Å². The summed E-state index contributed by atoms with van der Waals surface area (Å²) >= 11 is 9.11. The molecule has 13 heteroatoms. The second kappa shape index (κ2) is 12.0. The highest BCUT2D eigenvalue weighted by Gasteiger charge is 2.30. The fourth-order valence-corrected chi connectivity index (χ4v) is 7.05. The van der Waals surface area contributed by atoms with Gasteiger partial charge in [-0.3, -0.25) is 14.0 Å². The van der Waals surface area contributed by atoms with Crippen molar-refractivity contribution in [3.05, 3.63) is 51.4 Å². The van der Waals surface area contributed by atoms with E-state index < -0.39 is 0 Å². The molecule has 1 aliphatic rings. The SMILES string of the molecule is CCOC(=O)c1c(NC(=O)CSc2nnc(-c3nn(C)cc3Cl)n2Cc2ccco2)sc2c1CCC(CC)C2. The Labute approximate surface area is 239 Å². The van der Waals surface area contributed by atoms with Gasteiger partial charge in [0.1, 0.15) is 16.5 Å². The summed E-state index contributed by atoms with van der Waals surface area (Å²) in [5, 5.41) is 17.5. The molecule has 4 heterocycles. The van der Waals surface area contributed by atoms with Crippen LogP contribution < -0.4 is 5.32 Å². The Balaban J connectivity index is 1.36. The number of ether oxygens (including phenoxy) is 1. The molecule has 4 aromatic rings. The molecule has 0 fully saturated rings. The van der Waals surface area contributed by atoms with Gasteiger partial charge < -0.3 is 14.5 Å². The molecule has 4 aromatic heterocycles. The predicted octanol–water partition coefficient (Wildman–Crippen LogP) is 5.46. The number of esters is 1. The lowest BCUT2D eigenvalue weighted by Crippen LogP contribution is -2.18. The summed E-state index contributed by atoms with van der Waals surface area (Å²) in [6.45, 7) is 4.59. The third-order valence-corrected chi connectivity index (χ3v) is 9.03. The monoisotopic (exact) mass is 588 g/mol. The summed E-state index contributed by atoms with van der Waals surface area (Å²) in [6, 6.07) is 3.65. The van der Waals surface area contributed by atoms with Gasteiger partial charge in [0, 0.05) is 18.1 Å². The number of carbonyl (C=O) groups is 2. The molecule has 206 valence electrons. The van der Waals surface area contributed by atoms with E-state index in [0.717, 1.165) is 36.1 Å². The van der Waals surface area contributed by atoms with E-state index in [1.165, 1.54) is 23.1 Å². The minimum atomic E-state index is -0.386. The van der Waals surface area contributed by atoms with Crippen LogP contribution in [0.1, 0.15) is 53.2 Å². The van der Waals surface area contributed by atoms with Gasteiger partial charge in [-0.05, 0) is 49.8 Å². The highest BCUT2D eigenvalue weighted by molar-refractivity contribution is 7.99. The number of aromatic nitrogens is 5. The largest absolute Gasteiger partial charge is 0.467 e. The first-order valence-corrected chi connectivity index (χ1v) is 14.9. The standard InChI is InChI=1S/C26H29ClN6O4S2/c1-4-15-8-9-17-19(11-15)39-24(21(17)25(35)36-5-2)28-20(34)14-38-26-30-29-23(22-18(27)13-32(3)31-22)33(26)12-16-7-6-10-37-16/h6-7,10,13,15H,4-5,8-9,11-12,14H2,1-3H3,(H,28,34). The first-order valence-electron chi connectivity index (χ1n) is 12.8. The smallest absolute Gasteiger partial charge is 0.341 e. The van der Waals surface area contributed by atoms with E-state index in [-0.39, 0.29) is 24.2 Å². The van der Waals surface area contributed by atoms with Crippen LogP contribution in [0.15, 0.2) is 34.2 Å². The van der Waals surface area contributed by atoms with Crippen LogP contribution in [0.5, 0.6) is 0 Å². The number of fused-ring (bicyclic) bond motifs is 1. The Bertz CT molecular complexity index is 1480. The van der Waals surface area contributed by atoms with Crippen LogP contribution in [0, 0.1) is 5.92 Å². The lowest BCUT2D eigenvalue weighted by molar-refractivity contribution is -0.113. The molecule has 1 aliphatic carbocycles. The number of hydrogen-bond donors (Lipinski definition) is 1. The van der Waals surface area contributed by atoms with Gasteiger partial charge in [0.2, 0.25) is 5.91 Å². The van der Waals surface area contributed by atoms with Gasteiger partial charge in [0.15, 0.2) is 11.0 Å². The summed E-state index contributed by atoms with van der Waals surface area (Å²) in [5.41, 5.74) is 2.00. The van der Waals surface area contributed by atoms with Gasteiger partial charge in [-0.2, -0.15) is 5.10 Å². The Morgan fingerprint density at radius 3 is 2.87 bits per heavy atom. The van der Waals surface area contributed by atoms with Gasteiger partial charge in [0.05, 0.1) is 35.8 Å². The first kappa shape index (κ1) is 27.5. The minimum Gasteiger partial charge on any atom is -0.467 e. The topological polar surface area (TPSA) is 117 Å². The van der Waals surface area contributed by atoms with Crippen LogP contribution in [-0.4, -0.2) is 48.8 Å². The zero-order valence-electron chi connectivity index (χ0n) is 21.9. The number of amides is 1. The number of aryl methyl sites for hydroxylation is 1. The van der Waals surface area contributed by atoms with E-state index >= 15 is 0 Å². The molecule has 0 bridgehead atoms. The molecule has 1 atom stereocenters. The van der Waals surface area contributed by atoms with Gasteiger partial charge in [-0.15, -0.1) is 21.5 Å². The van der Waals surface area contributed by atoms with Crippen molar-refractivity contribution in [3.8, 4) is 11.5 Å². The molecule has 0 saturated heterocycles. The van der Waals surface area contributed by atoms with Crippen LogP contribution in [0.4, 0.5) is 5.00 Å². The predicted molar refractivity (Wildman–Crippen MR) is 150 cm³/mol. The Morgan fingerprint density at radius 1 is 1.33 bits per heavy atom. The third kappa shape index (κ3) is 5.92. The van der Waals surface area contributed by atoms with Gasteiger partial charge in [0.25, 0.3) is 0 Å². The number of thiophene rings is 1. The number of nitrogens with zero attached hydrogens (tertiary/aromatic N) is 5. The van der Waals surface area contributed by atoms with Crippen LogP contribution in [-0.2, 0) is 36.0 Å². The molecule has 1 amide bonds. The zero-order chi connectivity index (χ0) is 27.5. The molecule has 0 saturated carbocycles. The minimum absolute atomic E-state index is 0.0641. The molecule has 39 heavy (non-hydrogen) atoms. The Hall–Kier alpha value is -3.09. The molecule has 10 nitrogen and oxygen atoms in total. The van der Waals surface area contributed by atoms with E-state index in [2.05, 4.69) is 27.5 Å². The summed E-state index contributed by atoms with van der Waals surface area (Å²) in [4.78, 5) is 27.1. The van der Waals surface area contributed by atoms with Crippen molar-refractivity contribution in [1.82, 2.24) is 24.5 Å². The maximum Gasteiger partial charge on any atom is 0.341 e. The molecular weight excluding hydrogens is 560 g/mol. The lowest BCUT2D eigenvalue weighted by atomic mass is 9.85. The van der Waals surface area contributed by atoms with E-state index in [1.807, 2.05) is 10.6 Å². The van der Waals surface area contributed by atoms with Crippen molar-refractivity contribution in [1.29, 1.82) is 0 Å². The van der Waals surface area contributed by atoms with Gasteiger partial charge in [-0.25, -0.2) is 4.79 Å². The molecule has 1 N–H and O–H groups in total. The second-order valence-electron chi connectivity index (χ2n) is 9.25. The van der Waals surface area contributed by atoms with Crippen LogP contribution >= 0.6 is 34.7 Å². The number of halogens is 1. The van der Waals surface area contributed by atoms with E-state index in [1.54, 1.807) is 37.2 Å². The number of rotatable bonds is 10. The maximum absolute atomic E-state index is 13.1. The summed E-state index contributed by atoms with van der Waals surface area (Å²) in [6.07, 6.45) is 7.14. The maximum atomic E-state index is 13.1. The van der Waals surface area contributed by atoms with E-state index in [9.17, 15) is 9.59 Å². The van der Waals surface area contributed by atoms with Crippen LogP contribution in [0.2, 0.25) is 5.02 Å². The Morgan fingerprint density at radius 2 is 2.18 bits per heavy atom. The van der Waals surface area contributed by atoms with Crippen molar-refractivity contribution in [3.63, 3.8) is 0 Å². The van der Waals surface area contributed by atoms with Crippen LogP contribution in [0.3, 0.4) is 0 Å². The summed E-state index contributed by atoms with van der Waals surface area (Å²) in [5.74, 6) is 1.19. The molecule has 0 radical (unpaired) electrons. The quantitative estimate of drug-likeness (QED) is 0.192.